The Hall–Kier alpha value is -4.79. The lowest BCUT2D eigenvalue weighted by molar-refractivity contribution is -0.275. The molecular weight excluding hydrogens is 588 g/mol. The van der Waals surface area contributed by atoms with Crippen LogP contribution in [0.15, 0.2) is 77.9 Å². The van der Waals surface area contributed by atoms with E-state index in [1.807, 2.05) is 0 Å². The molecule has 0 radical (unpaired) electrons. The molecule has 228 valence electrons. The van der Waals surface area contributed by atoms with E-state index in [1.165, 1.54) is 28.9 Å². The minimum absolute atomic E-state index is 0.133. The second kappa shape index (κ2) is 12.6. The van der Waals surface area contributed by atoms with Crippen LogP contribution in [0.1, 0.15) is 12.8 Å². The summed E-state index contributed by atoms with van der Waals surface area (Å²) in [5, 5.41) is 25.1. The molecule has 4 rings (SSSR count). The summed E-state index contributed by atoms with van der Waals surface area (Å²) in [4.78, 5) is 23.3. The number of benzene rings is 2. The minimum atomic E-state index is -4.88. The number of carbonyl (C=O) groups is 2. The van der Waals surface area contributed by atoms with Gasteiger partial charge in [-0.25, -0.2) is 4.79 Å². The SMILES string of the molecule is O=C(NCC(O)C(=O)O)C1=CCCC(Cn2nc(-c3ccc(OC(F)(F)F)cc3)cc2-c2ccc(OC(F)(F)F)cc2)=C1. The maximum Gasteiger partial charge on any atom is 0.573 e. The molecule has 1 aliphatic rings. The van der Waals surface area contributed by atoms with Crippen LogP contribution in [-0.2, 0) is 16.1 Å². The third-order valence-corrected chi connectivity index (χ3v) is 6.09. The highest BCUT2D eigenvalue weighted by molar-refractivity contribution is 5.96. The van der Waals surface area contributed by atoms with Crippen molar-refractivity contribution in [3.8, 4) is 34.0 Å². The summed E-state index contributed by atoms with van der Waals surface area (Å²) < 4.78 is 84.9. The highest BCUT2D eigenvalue weighted by Gasteiger charge is 2.32. The van der Waals surface area contributed by atoms with Crippen LogP contribution in [0.25, 0.3) is 22.5 Å². The monoisotopic (exact) mass is 611 g/mol. The normalized spacial score (nSPS) is 14.4. The fourth-order valence-electron chi connectivity index (χ4n) is 4.18. The molecule has 1 atom stereocenters. The van der Waals surface area contributed by atoms with E-state index in [9.17, 15) is 41.0 Å². The van der Waals surface area contributed by atoms with Crippen molar-refractivity contribution < 1.29 is 55.6 Å². The molecule has 15 heteroatoms. The van der Waals surface area contributed by atoms with Crippen LogP contribution < -0.4 is 14.8 Å². The van der Waals surface area contributed by atoms with E-state index in [1.54, 1.807) is 18.2 Å². The first-order valence-electron chi connectivity index (χ1n) is 12.6. The molecule has 0 fully saturated rings. The summed E-state index contributed by atoms with van der Waals surface area (Å²) >= 11 is 0. The summed E-state index contributed by atoms with van der Waals surface area (Å²) in [5.41, 5.74) is 2.65. The number of aliphatic carboxylic acids is 1. The molecular formula is C28H23F6N3O6. The van der Waals surface area contributed by atoms with Gasteiger partial charge in [-0.2, -0.15) is 5.10 Å². The molecule has 3 N–H and O–H groups in total. The van der Waals surface area contributed by atoms with Crippen LogP contribution in [0.4, 0.5) is 26.3 Å². The van der Waals surface area contributed by atoms with Gasteiger partial charge in [0.2, 0.25) is 0 Å². The number of halogens is 6. The van der Waals surface area contributed by atoms with E-state index in [4.69, 9.17) is 5.11 Å². The molecule has 1 aromatic heterocycles. The number of aliphatic hydroxyl groups is 1. The average molecular weight is 611 g/mol. The van der Waals surface area contributed by atoms with Crippen LogP contribution in [-0.4, -0.2) is 57.2 Å². The number of nitrogens with zero attached hydrogens (tertiary/aromatic N) is 2. The fourth-order valence-corrected chi connectivity index (χ4v) is 4.18. The van der Waals surface area contributed by atoms with Gasteiger partial charge in [-0.3, -0.25) is 9.48 Å². The van der Waals surface area contributed by atoms with Crippen molar-refractivity contribution in [1.29, 1.82) is 0 Å². The summed E-state index contributed by atoms with van der Waals surface area (Å²) in [6, 6.07) is 11.6. The zero-order valence-electron chi connectivity index (χ0n) is 21.9. The van der Waals surface area contributed by atoms with Gasteiger partial charge in [0.1, 0.15) is 11.5 Å². The molecule has 1 unspecified atom stereocenters. The van der Waals surface area contributed by atoms with Crippen LogP contribution in [0.3, 0.4) is 0 Å². The Morgan fingerprint density at radius 1 is 0.930 bits per heavy atom. The van der Waals surface area contributed by atoms with Crippen molar-refractivity contribution in [2.24, 2.45) is 0 Å². The topological polar surface area (TPSA) is 123 Å². The highest BCUT2D eigenvalue weighted by atomic mass is 19.4. The first-order valence-corrected chi connectivity index (χ1v) is 12.6. The van der Waals surface area contributed by atoms with Gasteiger partial charge >= 0.3 is 18.7 Å². The van der Waals surface area contributed by atoms with Gasteiger partial charge in [0, 0.05) is 16.7 Å². The molecule has 1 aliphatic carbocycles. The molecule has 2 aromatic carbocycles. The van der Waals surface area contributed by atoms with Crippen LogP contribution >= 0.6 is 0 Å². The molecule has 0 aliphatic heterocycles. The van der Waals surface area contributed by atoms with Gasteiger partial charge in [0.05, 0.1) is 24.5 Å². The zero-order chi connectivity index (χ0) is 31.4. The second-order valence-electron chi connectivity index (χ2n) is 9.28. The molecule has 0 bridgehead atoms. The number of carboxylic acids is 1. The summed E-state index contributed by atoms with van der Waals surface area (Å²) in [6.07, 6.45) is -7.31. The maximum atomic E-state index is 12.6. The first kappa shape index (κ1) is 31.2. The Morgan fingerprint density at radius 2 is 1.49 bits per heavy atom. The van der Waals surface area contributed by atoms with E-state index in [-0.39, 0.29) is 12.1 Å². The average Bonchev–Trinajstić information content (AvgIpc) is 3.34. The number of aromatic nitrogens is 2. The van der Waals surface area contributed by atoms with E-state index in [0.29, 0.717) is 35.4 Å². The molecule has 43 heavy (non-hydrogen) atoms. The standard InChI is InChI=1S/C28H23F6N3O6/c29-27(30,31)42-20-8-4-17(5-9-20)22-13-23(18-6-10-21(11-7-18)43-28(32,33)34)37(36-22)15-16-2-1-3-19(12-16)25(39)35-14-24(38)26(40)41/h3-13,24,38H,1-2,14-15H2,(H,35,39)(H,40,41). The number of carboxylic acid groups (broad SMARTS) is 1. The summed E-state index contributed by atoms with van der Waals surface area (Å²) in [5.74, 6) is -2.96. The van der Waals surface area contributed by atoms with E-state index >= 15 is 0 Å². The predicted octanol–water partition coefficient (Wildman–Crippen LogP) is 5.22. The van der Waals surface area contributed by atoms with Gasteiger partial charge in [0.15, 0.2) is 6.10 Å². The van der Waals surface area contributed by atoms with Crippen LogP contribution in [0.5, 0.6) is 11.5 Å². The Bertz CT molecular complexity index is 1530. The van der Waals surface area contributed by atoms with Gasteiger partial charge in [-0.05, 0) is 79.1 Å². The summed E-state index contributed by atoms with van der Waals surface area (Å²) in [6.45, 7) is -0.365. The number of allylic oxidation sites excluding steroid dienone is 2. The molecule has 0 saturated heterocycles. The number of aliphatic hydroxyl groups excluding tert-OH is 1. The van der Waals surface area contributed by atoms with Gasteiger partial charge < -0.3 is 25.0 Å². The molecule has 0 saturated carbocycles. The van der Waals surface area contributed by atoms with Gasteiger partial charge in [-0.1, -0.05) is 6.08 Å². The Balaban J connectivity index is 1.62. The predicted molar refractivity (Wildman–Crippen MR) is 139 cm³/mol. The Kier molecular flexibility index (Phi) is 9.13. The smallest absolute Gasteiger partial charge is 0.479 e. The molecule has 0 spiro atoms. The fraction of sp³-hybridized carbons (Fsp3) is 0.250. The van der Waals surface area contributed by atoms with Crippen molar-refractivity contribution in [2.45, 2.75) is 38.2 Å². The number of ether oxygens (including phenoxy) is 2. The third kappa shape index (κ3) is 8.85. The Labute approximate surface area is 239 Å². The van der Waals surface area contributed by atoms with Crippen molar-refractivity contribution in [1.82, 2.24) is 15.1 Å². The minimum Gasteiger partial charge on any atom is -0.479 e. The lowest BCUT2D eigenvalue weighted by Crippen LogP contribution is -2.37. The number of hydrogen-bond donors (Lipinski definition) is 3. The van der Waals surface area contributed by atoms with Crippen molar-refractivity contribution >= 4 is 11.9 Å². The van der Waals surface area contributed by atoms with Gasteiger partial charge in [0.25, 0.3) is 5.91 Å². The molecule has 1 heterocycles. The van der Waals surface area contributed by atoms with E-state index in [2.05, 4.69) is 19.9 Å². The number of carbonyl (C=O) groups excluding carboxylic acids is 1. The van der Waals surface area contributed by atoms with Crippen LogP contribution in [0.2, 0.25) is 0 Å². The van der Waals surface area contributed by atoms with E-state index in [0.717, 1.165) is 29.8 Å². The van der Waals surface area contributed by atoms with Crippen LogP contribution in [0, 0.1) is 0 Å². The van der Waals surface area contributed by atoms with E-state index < -0.39 is 48.7 Å². The third-order valence-electron chi connectivity index (χ3n) is 6.09. The van der Waals surface area contributed by atoms with Gasteiger partial charge in [-0.15, -0.1) is 26.3 Å². The highest BCUT2D eigenvalue weighted by Crippen LogP contribution is 2.32. The van der Waals surface area contributed by atoms with Crippen molar-refractivity contribution in [2.75, 3.05) is 6.54 Å². The number of alkyl halides is 6. The number of nitrogens with one attached hydrogen (secondary N) is 1. The maximum absolute atomic E-state index is 12.6. The van der Waals surface area contributed by atoms with Crippen molar-refractivity contribution in [3.63, 3.8) is 0 Å². The molecule has 1 amide bonds. The Morgan fingerprint density at radius 3 is 2.02 bits per heavy atom. The summed E-state index contributed by atoms with van der Waals surface area (Å²) in [7, 11) is 0. The lowest BCUT2D eigenvalue weighted by atomic mass is 9.98. The zero-order valence-corrected chi connectivity index (χ0v) is 21.9. The molecule has 9 nitrogen and oxygen atoms in total. The molecule has 3 aromatic rings. The number of amides is 1. The lowest BCUT2D eigenvalue weighted by Gasteiger charge is -2.16. The number of rotatable bonds is 10. The quantitative estimate of drug-likeness (QED) is 0.269. The first-order chi connectivity index (χ1) is 20.2. The second-order valence-corrected chi connectivity index (χ2v) is 9.28. The van der Waals surface area contributed by atoms with Crippen molar-refractivity contribution in [3.05, 3.63) is 77.9 Å². The number of hydrogen-bond acceptors (Lipinski definition) is 6. The largest absolute Gasteiger partial charge is 0.573 e.